The number of alkyl carbamates (subject to hydrolysis) is 1. The van der Waals surface area contributed by atoms with Crippen molar-refractivity contribution in [3.8, 4) is 10.6 Å². The number of imidazole rings is 1. The van der Waals surface area contributed by atoms with E-state index in [-0.39, 0.29) is 6.61 Å². The van der Waals surface area contributed by atoms with Crippen LogP contribution in [0.3, 0.4) is 0 Å². The highest BCUT2D eigenvalue weighted by Gasteiger charge is 2.09. The van der Waals surface area contributed by atoms with Gasteiger partial charge in [-0.25, -0.2) is 9.78 Å². The molecule has 0 bridgehead atoms. The number of halogens is 1. The van der Waals surface area contributed by atoms with Crippen molar-refractivity contribution >= 4 is 29.0 Å². The second kappa shape index (κ2) is 7.16. The lowest BCUT2D eigenvalue weighted by Gasteiger charge is -2.05. The highest BCUT2D eigenvalue weighted by atomic mass is 35.5. The maximum Gasteiger partial charge on any atom is 0.407 e. The number of aromatic amines is 1. The summed E-state index contributed by atoms with van der Waals surface area (Å²) in [4.78, 5) is 19.7. The van der Waals surface area contributed by atoms with E-state index in [0.29, 0.717) is 18.8 Å². The number of ether oxygens (including phenoxy) is 1. The number of rotatable bonds is 6. The quantitative estimate of drug-likeness (QED) is 0.806. The zero-order chi connectivity index (χ0) is 13.5. The summed E-state index contributed by atoms with van der Waals surface area (Å²) in [6.45, 7) is 0.708. The van der Waals surface area contributed by atoms with Gasteiger partial charge in [-0.2, -0.15) is 0 Å². The molecule has 2 aromatic heterocycles. The minimum atomic E-state index is -0.446. The Kier molecular flexibility index (Phi) is 5.23. The predicted octanol–water partition coefficient (Wildman–Crippen LogP) is 2.65. The van der Waals surface area contributed by atoms with Crippen molar-refractivity contribution in [2.75, 3.05) is 19.0 Å². The first-order valence-corrected chi connectivity index (χ1v) is 7.25. The number of thiophene rings is 1. The van der Waals surface area contributed by atoms with Crippen LogP contribution >= 0.6 is 22.9 Å². The summed E-state index contributed by atoms with van der Waals surface area (Å²) in [5.41, 5.74) is 1.94. The highest BCUT2D eigenvalue weighted by Crippen LogP contribution is 2.25. The summed E-state index contributed by atoms with van der Waals surface area (Å²) in [5, 5.41) is 4.67. The fraction of sp³-hybridized carbons (Fsp3) is 0.333. The monoisotopic (exact) mass is 299 g/mol. The lowest BCUT2D eigenvalue weighted by Crippen LogP contribution is -2.27. The van der Waals surface area contributed by atoms with Crippen LogP contribution in [0.2, 0.25) is 0 Å². The first kappa shape index (κ1) is 13.9. The van der Waals surface area contributed by atoms with Crippen molar-refractivity contribution in [2.45, 2.75) is 6.42 Å². The molecule has 0 atom stereocenters. The third kappa shape index (κ3) is 3.97. The molecule has 0 radical (unpaired) electrons. The SMILES string of the molecule is O=C(NCCc1[nH]cnc1-c1cccs1)OCCCl. The van der Waals surface area contributed by atoms with Gasteiger partial charge in [0.25, 0.3) is 0 Å². The zero-order valence-corrected chi connectivity index (χ0v) is 11.8. The van der Waals surface area contributed by atoms with Crippen molar-refractivity contribution < 1.29 is 9.53 Å². The summed E-state index contributed by atoms with van der Waals surface area (Å²) in [6, 6.07) is 4.01. The minimum Gasteiger partial charge on any atom is -0.448 e. The Morgan fingerprint density at radius 2 is 2.47 bits per heavy atom. The van der Waals surface area contributed by atoms with Gasteiger partial charge < -0.3 is 15.0 Å². The Labute approximate surface area is 120 Å². The van der Waals surface area contributed by atoms with E-state index in [9.17, 15) is 4.79 Å². The van der Waals surface area contributed by atoms with Crippen LogP contribution in [0, 0.1) is 0 Å². The Balaban J connectivity index is 1.84. The number of carbonyl (C=O) groups excluding carboxylic acids is 1. The predicted molar refractivity (Wildman–Crippen MR) is 75.7 cm³/mol. The molecule has 102 valence electrons. The van der Waals surface area contributed by atoms with Gasteiger partial charge in [-0.3, -0.25) is 0 Å². The van der Waals surface area contributed by atoms with Gasteiger partial charge in [-0.1, -0.05) is 6.07 Å². The fourth-order valence-corrected chi connectivity index (χ4v) is 2.43. The van der Waals surface area contributed by atoms with Gasteiger partial charge >= 0.3 is 6.09 Å². The Hall–Kier alpha value is -1.53. The molecule has 2 rings (SSSR count). The summed E-state index contributed by atoms with van der Waals surface area (Å²) in [6.07, 6.45) is 1.89. The number of nitrogens with zero attached hydrogens (tertiary/aromatic N) is 1. The summed E-state index contributed by atoms with van der Waals surface area (Å²) < 4.78 is 4.81. The van der Waals surface area contributed by atoms with E-state index in [1.54, 1.807) is 17.7 Å². The maximum absolute atomic E-state index is 11.2. The van der Waals surface area contributed by atoms with Gasteiger partial charge in [0, 0.05) is 18.7 Å². The largest absolute Gasteiger partial charge is 0.448 e. The van der Waals surface area contributed by atoms with Gasteiger partial charge in [-0.15, -0.1) is 22.9 Å². The van der Waals surface area contributed by atoms with E-state index in [2.05, 4.69) is 15.3 Å². The zero-order valence-electron chi connectivity index (χ0n) is 10.2. The molecule has 0 aliphatic rings. The number of carbonyl (C=O) groups is 1. The molecule has 0 fully saturated rings. The molecule has 0 aliphatic heterocycles. The van der Waals surface area contributed by atoms with E-state index in [4.69, 9.17) is 16.3 Å². The molecular weight excluding hydrogens is 286 g/mol. The van der Waals surface area contributed by atoms with Crippen LogP contribution < -0.4 is 5.32 Å². The Morgan fingerprint density at radius 1 is 1.58 bits per heavy atom. The molecule has 2 N–H and O–H groups in total. The second-order valence-corrected chi connectivity index (χ2v) is 5.03. The topological polar surface area (TPSA) is 67.0 Å². The lowest BCUT2D eigenvalue weighted by atomic mass is 10.2. The number of amides is 1. The molecule has 2 heterocycles. The first-order valence-electron chi connectivity index (χ1n) is 5.84. The van der Waals surface area contributed by atoms with Gasteiger partial charge in [-0.05, 0) is 11.4 Å². The van der Waals surface area contributed by atoms with Crippen LogP contribution in [0.15, 0.2) is 23.8 Å². The average molecular weight is 300 g/mol. The molecule has 0 saturated heterocycles. The van der Waals surface area contributed by atoms with E-state index in [0.717, 1.165) is 16.3 Å². The van der Waals surface area contributed by atoms with Crippen molar-refractivity contribution in [1.82, 2.24) is 15.3 Å². The van der Waals surface area contributed by atoms with Crippen molar-refractivity contribution in [3.05, 3.63) is 29.5 Å². The third-order valence-corrected chi connectivity index (χ3v) is 3.46. The van der Waals surface area contributed by atoms with Gasteiger partial charge in [0.05, 0.1) is 17.1 Å². The highest BCUT2D eigenvalue weighted by molar-refractivity contribution is 7.13. The van der Waals surface area contributed by atoms with Crippen LogP contribution in [-0.2, 0) is 11.2 Å². The Bertz CT molecular complexity index is 513. The third-order valence-electron chi connectivity index (χ3n) is 2.43. The molecule has 5 nitrogen and oxygen atoms in total. The summed E-state index contributed by atoms with van der Waals surface area (Å²) >= 11 is 7.06. The molecule has 0 unspecified atom stereocenters. The number of nitrogens with one attached hydrogen (secondary N) is 2. The van der Waals surface area contributed by atoms with E-state index < -0.39 is 6.09 Å². The second-order valence-electron chi connectivity index (χ2n) is 3.71. The van der Waals surface area contributed by atoms with Gasteiger partial charge in [0.1, 0.15) is 12.3 Å². The van der Waals surface area contributed by atoms with E-state index in [1.807, 2.05) is 17.5 Å². The fourth-order valence-electron chi connectivity index (χ4n) is 1.61. The number of aromatic nitrogens is 2. The lowest BCUT2D eigenvalue weighted by molar-refractivity contribution is 0.153. The first-order chi connectivity index (χ1) is 9.31. The normalized spacial score (nSPS) is 10.4. The number of hydrogen-bond donors (Lipinski definition) is 2. The van der Waals surface area contributed by atoms with Crippen molar-refractivity contribution in [2.24, 2.45) is 0 Å². The molecule has 0 spiro atoms. The maximum atomic E-state index is 11.2. The molecule has 0 aliphatic carbocycles. The summed E-state index contributed by atoms with van der Waals surface area (Å²) in [5.74, 6) is 0.302. The molecule has 0 aromatic carbocycles. The van der Waals surface area contributed by atoms with Crippen LogP contribution in [-0.4, -0.2) is 35.1 Å². The van der Waals surface area contributed by atoms with Gasteiger partial charge in [0.2, 0.25) is 0 Å². The number of H-pyrrole nitrogens is 1. The number of hydrogen-bond acceptors (Lipinski definition) is 4. The molecule has 1 amide bonds. The van der Waals surface area contributed by atoms with Crippen LogP contribution in [0.5, 0.6) is 0 Å². The smallest absolute Gasteiger partial charge is 0.407 e. The van der Waals surface area contributed by atoms with Crippen LogP contribution in [0.4, 0.5) is 4.79 Å². The van der Waals surface area contributed by atoms with Gasteiger partial charge in [0.15, 0.2) is 0 Å². The van der Waals surface area contributed by atoms with E-state index >= 15 is 0 Å². The van der Waals surface area contributed by atoms with Crippen molar-refractivity contribution in [3.63, 3.8) is 0 Å². The Morgan fingerprint density at radius 3 is 3.21 bits per heavy atom. The molecule has 19 heavy (non-hydrogen) atoms. The number of alkyl halides is 1. The minimum absolute atomic E-state index is 0.220. The molecule has 0 saturated carbocycles. The molecular formula is C12H14ClN3O2S. The van der Waals surface area contributed by atoms with Crippen LogP contribution in [0.25, 0.3) is 10.6 Å². The van der Waals surface area contributed by atoms with E-state index in [1.165, 1.54) is 0 Å². The average Bonchev–Trinajstić information content (AvgIpc) is 3.06. The summed E-state index contributed by atoms with van der Waals surface area (Å²) in [7, 11) is 0. The molecule has 7 heteroatoms. The molecule has 2 aromatic rings. The van der Waals surface area contributed by atoms with Crippen LogP contribution in [0.1, 0.15) is 5.69 Å². The van der Waals surface area contributed by atoms with Crippen molar-refractivity contribution in [1.29, 1.82) is 0 Å². The standard InChI is InChI=1S/C12H14ClN3O2S/c13-4-6-18-12(17)14-5-3-9-11(16-8-15-9)10-2-1-7-19-10/h1-2,7-8H,3-6H2,(H,14,17)(H,15,16).